The van der Waals surface area contributed by atoms with E-state index in [9.17, 15) is 16.8 Å². The van der Waals surface area contributed by atoms with Gasteiger partial charge in [0.1, 0.15) is 5.82 Å². The van der Waals surface area contributed by atoms with E-state index < -0.39 is 20.2 Å². The van der Waals surface area contributed by atoms with Crippen LogP contribution in [-0.4, -0.2) is 97.5 Å². The number of nitrogens with zero attached hydrogens (tertiary/aromatic N) is 5. The maximum Gasteiger partial charge on any atom is 0.320 e. The van der Waals surface area contributed by atoms with Crippen LogP contribution in [0.15, 0.2) is 66.0 Å². The predicted molar refractivity (Wildman–Crippen MR) is 163 cm³/mol. The van der Waals surface area contributed by atoms with Crippen LogP contribution in [0.5, 0.6) is 6.01 Å². The topological polar surface area (TPSA) is 209 Å². The van der Waals surface area contributed by atoms with Crippen molar-refractivity contribution in [2.24, 2.45) is 5.10 Å². The summed E-state index contributed by atoms with van der Waals surface area (Å²) in [5, 5.41) is 5.50. The number of hydrogen-bond acceptors (Lipinski definition) is 12. The van der Waals surface area contributed by atoms with Crippen molar-refractivity contribution in [3.8, 4) is 6.01 Å². The van der Waals surface area contributed by atoms with Crippen molar-refractivity contribution in [1.29, 1.82) is 0 Å². The maximum atomic E-state index is 9.19. The molecule has 0 radical (unpaired) electrons. The van der Waals surface area contributed by atoms with E-state index in [4.69, 9.17) is 18.6 Å². The molecule has 0 saturated carbocycles. The molecule has 0 unspecified atom stereocenters. The number of rotatable bonds is 8. The molecular formula is C26H33N7O8S2. The number of para-hydroxylation sites is 1. The first-order valence-electron chi connectivity index (χ1n) is 12.8. The first-order chi connectivity index (χ1) is 20.3. The van der Waals surface area contributed by atoms with Crippen LogP contribution in [0.4, 0.5) is 11.6 Å². The number of nitrogens with one attached hydrogen (secondary N) is 2. The Bertz CT molecular complexity index is 1650. The second-order valence-electron chi connectivity index (χ2n) is 9.04. The zero-order valence-corrected chi connectivity index (χ0v) is 25.1. The summed E-state index contributed by atoms with van der Waals surface area (Å²) in [6.07, 6.45) is 7.59. The van der Waals surface area contributed by atoms with Gasteiger partial charge in [0.2, 0.25) is 0 Å². The van der Waals surface area contributed by atoms with Gasteiger partial charge in [0.25, 0.3) is 20.2 Å². The van der Waals surface area contributed by atoms with Gasteiger partial charge in [-0.1, -0.05) is 24.3 Å². The minimum atomic E-state index is -3.67. The Morgan fingerprint density at radius 2 is 1.72 bits per heavy atom. The van der Waals surface area contributed by atoms with Gasteiger partial charge in [0.05, 0.1) is 38.5 Å². The van der Waals surface area contributed by atoms with E-state index >= 15 is 0 Å². The monoisotopic (exact) mass is 635 g/mol. The molecule has 0 amide bonds. The lowest BCUT2D eigenvalue weighted by Gasteiger charge is -2.28. The quantitative estimate of drug-likeness (QED) is 0.125. The lowest BCUT2D eigenvalue weighted by atomic mass is 10.2. The van der Waals surface area contributed by atoms with Crippen molar-refractivity contribution >= 4 is 49.0 Å². The smallest absolute Gasteiger partial charge is 0.320 e. The van der Waals surface area contributed by atoms with Crippen molar-refractivity contribution in [3.63, 3.8) is 0 Å². The average molecular weight is 636 g/mol. The molecule has 0 aliphatic carbocycles. The molecule has 3 aromatic heterocycles. The number of benzene rings is 1. The highest BCUT2D eigenvalue weighted by molar-refractivity contribution is 7.85. The van der Waals surface area contributed by atoms with E-state index in [-0.39, 0.29) is 0 Å². The zero-order valence-electron chi connectivity index (χ0n) is 23.5. The number of hydrogen-bond donors (Lipinski definition) is 4. The Morgan fingerprint density at radius 3 is 2.40 bits per heavy atom. The van der Waals surface area contributed by atoms with Crippen LogP contribution in [0, 0.1) is 0 Å². The second kappa shape index (κ2) is 15.9. The molecule has 1 aliphatic heterocycles. The van der Waals surface area contributed by atoms with Crippen molar-refractivity contribution in [2.75, 3.05) is 55.7 Å². The number of H-pyrrole nitrogens is 1. The molecule has 17 heteroatoms. The molecule has 5 rings (SSSR count). The van der Waals surface area contributed by atoms with Gasteiger partial charge in [-0.3, -0.25) is 19.5 Å². The number of morpholine rings is 1. The molecule has 15 nitrogen and oxygen atoms in total. The molecule has 4 aromatic rings. The first-order valence-corrected chi connectivity index (χ1v) is 16.5. The minimum absolute atomic E-state index is 0.305. The van der Waals surface area contributed by atoms with E-state index in [1.807, 2.05) is 48.7 Å². The van der Waals surface area contributed by atoms with Gasteiger partial charge >= 0.3 is 6.01 Å². The van der Waals surface area contributed by atoms with Crippen LogP contribution in [-0.2, 0) is 31.4 Å². The number of aromatic nitrogens is 4. The predicted octanol–water partition coefficient (Wildman–Crippen LogP) is 2.27. The molecule has 1 aliphatic rings. The van der Waals surface area contributed by atoms with Gasteiger partial charge in [-0.25, -0.2) is 0 Å². The highest BCUT2D eigenvalue weighted by Crippen LogP contribution is 2.21. The number of ether oxygens (including phenoxy) is 2. The van der Waals surface area contributed by atoms with Crippen LogP contribution >= 0.6 is 0 Å². The van der Waals surface area contributed by atoms with Gasteiger partial charge in [-0.2, -0.15) is 31.9 Å². The van der Waals surface area contributed by atoms with Crippen LogP contribution in [0.3, 0.4) is 0 Å². The average Bonchev–Trinajstić information content (AvgIpc) is 3.35. The summed E-state index contributed by atoms with van der Waals surface area (Å²) in [5.74, 6) is 1.35. The molecule has 1 fully saturated rings. The largest absolute Gasteiger partial charge is 0.463 e. The highest BCUT2D eigenvalue weighted by atomic mass is 32.2. The summed E-state index contributed by atoms with van der Waals surface area (Å²) in [5.41, 5.74) is 6.05. The molecule has 4 heterocycles. The summed E-state index contributed by atoms with van der Waals surface area (Å²) >= 11 is 0. The summed E-state index contributed by atoms with van der Waals surface area (Å²) in [6.45, 7) is 3.30. The molecule has 1 saturated heterocycles. The van der Waals surface area contributed by atoms with Gasteiger partial charge < -0.3 is 19.4 Å². The lowest BCUT2D eigenvalue weighted by Crippen LogP contribution is -2.36. The first kappa shape index (κ1) is 33.3. The maximum absolute atomic E-state index is 9.19. The fourth-order valence-corrected chi connectivity index (χ4v) is 3.65. The third-order valence-corrected chi connectivity index (χ3v) is 5.35. The summed E-state index contributed by atoms with van der Waals surface area (Å²) < 4.78 is 63.1. The molecule has 1 aromatic carbocycles. The van der Waals surface area contributed by atoms with Crippen molar-refractivity contribution < 1.29 is 35.4 Å². The Kier molecular flexibility index (Phi) is 12.3. The number of pyridine rings is 1. The molecule has 43 heavy (non-hydrogen) atoms. The molecule has 0 bridgehead atoms. The van der Waals surface area contributed by atoms with Gasteiger partial charge in [0.15, 0.2) is 5.82 Å². The number of hydrazone groups is 1. The van der Waals surface area contributed by atoms with Crippen LogP contribution < -0.4 is 15.1 Å². The van der Waals surface area contributed by atoms with E-state index in [0.717, 1.165) is 41.1 Å². The Labute approximate surface area is 249 Å². The fraction of sp³-hybridized carbons (Fsp3) is 0.308. The van der Waals surface area contributed by atoms with Gasteiger partial charge in [0, 0.05) is 60.1 Å². The second-order valence-corrected chi connectivity index (χ2v) is 12.0. The number of anilines is 2. The molecule has 0 atom stereocenters. The third kappa shape index (κ3) is 13.6. The summed E-state index contributed by atoms with van der Waals surface area (Å²) in [4.78, 5) is 18.8. The van der Waals surface area contributed by atoms with E-state index in [2.05, 4.69) is 41.4 Å². The Morgan fingerprint density at radius 1 is 1.05 bits per heavy atom. The highest BCUT2D eigenvalue weighted by Gasteiger charge is 2.16. The molecule has 0 spiro atoms. The van der Waals surface area contributed by atoms with Crippen molar-refractivity contribution in [1.82, 2.24) is 19.9 Å². The van der Waals surface area contributed by atoms with Crippen molar-refractivity contribution in [3.05, 3.63) is 72.2 Å². The standard InChI is InChI=1S/C24H25N7O2.2CH4O3S/c1-2-7-21-20(6-1)18(16-26-21)17-27-30-22-15-23(31-10-13-32-14-11-31)29-24(28-22)33-12-8-19-5-3-4-9-25-19;2*1-5(2,3)4/h1-7,9,15-17,26H,8,10-14H2,(H,28,29,30);2*1H3,(H,2,3,4)/b27-17+;;. The van der Waals surface area contributed by atoms with Gasteiger partial charge in [-0.05, 0) is 18.2 Å². The SMILES string of the molecule is C(=N\Nc1cc(N2CCOCC2)nc(OCCc2ccccn2)n1)/c1c[nH]c2ccccc12.CS(=O)(=O)O.CS(=O)(=O)O. The third-order valence-electron chi connectivity index (χ3n) is 5.35. The summed E-state index contributed by atoms with van der Waals surface area (Å²) in [7, 11) is -7.33. The fourth-order valence-electron chi connectivity index (χ4n) is 3.65. The summed E-state index contributed by atoms with van der Waals surface area (Å²) in [6, 6.07) is 16.1. The Hall–Kier alpha value is -4.16. The normalized spacial score (nSPS) is 13.5. The number of aromatic amines is 1. The van der Waals surface area contributed by atoms with Crippen LogP contribution in [0.1, 0.15) is 11.3 Å². The number of fused-ring (bicyclic) bond motifs is 1. The molecular weight excluding hydrogens is 602 g/mol. The van der Waals surface area contributed by atoms with Crippen LogP contribution in [0.2, 0.25) is 0 Å². The van der Waals surface area contributed by atoms with Crippen molar-refractivity contribution in [2.45, 2.75) is 6.42 Å². The van der Waals surface area contributed by atoms with Gasteiger partial charge in [-0.15, -0.1) is 0 Å². The van der Waals surface area contributed by atoms with E-state index in [0.29, 0.717) is 50.6 Å². The van der Waals surface area contributed by atoms with E-state index in [1.54, 1.807) is 12.4 Å². The molecule has 4 N–H and O–H groups in total. The van der Waals surface area contributed by atoms with E-state index in [1.165, 1.54) is 0 Å². The van der Waals surface area contributed by atoms with Crippen LogP contribution in [0.25, 0.3) is 10.9 Å². The molecule has 232 valence electrons. The zero-order chi connectivity index (χ0) is 31.3. The minimum Gasteiger partial charge on any atom is -0.463 e. The lowest BCUT2D eigenvalue weighted by molar-refractivity contribution is 0.122. The Balaban J connectivity index is 0.000000440.